The molecular formula is C23H26N4. The molecule has 0 fully saturated rings. The molecule has 3 rings (SSSR count). The summed E-state index contributed by atoms with van der Waals surface area (Å²) < 4.78 is 0. The minimum absolute atomic E-state index is 0.678. The van der Waals surface area contributed by atoms with Gasteiger partial charge >= 0.3 is 0 Å². The summed E-state index contributed by atoms with van der Waals surface area (Å²) in [5.74, 6) is 0. The Morgan fingerprint density at radius 3 is 2.30 bits per heavy atom. The van der Waals surface area contributed by atoms with Crippen molar-refractivity contribution in [3.05, 3.63) is 78.0 Å². The van der Waals surface area contributed by atoms with Gasteiger partial charge in [0.2, 0.25) is 0 Å². The SMILES string of the molecule is CCN(CC)c1ccc(N=C2C=CC(N)=CC2=Nc2ccccc2)c(C)c1. The van der Waals surface area contributed by atoms with Crippen LogP contribution in [0.2, 0.25) is 0 Å². The lowest BCUT2D eigenvalue weighted by molar-refractivity contribution is 0.865. The maximum atomic E-state index is 5.98. The predicted molar refractivity (Wildman–Crippen MR) is 117 cm³/mol. The molecule has 1 aliphatic carbocycles. The Morgan fingerprint density at radius 2 is 1.63 bits per heavy atom. The van der Waals surface area contributed by atoms with Crippen LogP contribution >= 0.6 is 0 Å². The molecule has 0 spiro atoms. The lowest BCUT2D eigenvalue weighted by atomic mass is 10.1. The van der Waals surface area contributed by atoms with E-state index < -0.39 is 0 Å². The fourth-order valence-corrected chi connectivity index (χ4v) is 3.05. The normalized spacial score (nSPS) is 16.6. The summed E-state index contributed by atoms with van der Waals surface area (Å²) in [6, 6.07) is 16.3. The molecule has 0 saturated carbocycles. The standard InChI is InChI=1S/C23H26N4/c1-4-27(5-2)20-12-14-21(17(3)15-20)26-22-13-11-18(24)16-23(22)25-19-9-7-6-8-10-19/h6-16H,4-5,24H2,1-3H3. The third-order valence-electron chi connectivity index (χ3n) is 4.56. The van der Waals surface area contributed by atoms with Crippen LogP contribution in [0.5, 0.6) is 0 Å². The van der Waals surface area contributed by atoms with Crippen molar-refractivity contribution in [2.75, 3.05) is 18.0 Å². The van der Waals surface area contributed by atoms with E-state index in [9.17, 15) is 0 Å². The average molecular weight is 358 g/mol. The maximum absolute atomic E-state index is 5.98. The third-order valence-corrected chi connectivity index (χ3v) is 4.56. The predicted octanol–water partition coefficient (Wildman–Crippen LogP) is 5.10. The fourth-order valence-electron chi connectivity index (χ4n) is 3.05. The lowest BCUT2D eigenvalue weighted by Gasteiger charge is -2.21. The zero-order valence-electron chi connectivity index (χ0n) is 16.2. The number of aryl methyl sites for hydroxylation is 1. The van der Waals surface area contributed by atoms with Gasteiger partial charge in [0.25, 0.3) is 0 Å². The van der Waals surface area contributed by atoms with Crippen molar-refractivity contribution < 1.29 is 0 Å². The van der Waals surface area contributed by atoms with Crippen LogP contribution in [-0.4, -0.2) is 24.5 Å². The second kappa shape index (κ2) is 8.49. The van der Waals surface area contributed by atoms with Gasteiger partial charge in [-0.1, -0.05) is 18.2 Å². The quantitative estimate of drug-likeness (QED) is 0.756. The minimum Gasteiger partial charge on any atom is -0.399 e. The second-order valence-electron chi connectivity index (χ2n) is 6.45. The molecule has 0 heterocycles. The third kappa shape index (κ3) is 4.53. The van der Waals surface area contributed by atoms with Crippen LogP contribution < -0.4 is 10.6 Å². The Bertz CT molecular complexity index is 917. The van der Waals surface area contributed by atoms with E-state index >= 15 is 0 Å². The van der Waals surface area contributed by atoms with Gasteiger partial charge in [0, 0.05) is 24.5 Å². The van der Waals surface area contributed by atoms with Gasteiger partial charge in [-0.25, -0.2) is 9.98 Å². The summed E-state index contributed by atoms with van der Waals surface area (Å²) in [5.41, 5.74) is 12.4. The van der Waals surface area contributed by atoms with Crippen molar-refractivity contribution in [1.82, 2.24) is 0 Å². The van der Waals surface area contributed by atoms with E-state index in [-0.39, 0.29) is 0 Å². The molecule has 1 aliphatic rings. The molecule has 0 atom stereocenters. The first-order valence-electron chi connectivity index (χ1n) is 9.34. The molecule has 0 aromatic heterocycles. The van der Waals surface area contributed by atoms with E-state index in [1.54, 1.807) is 0 Å². The molecule has 2 N–H and O–H groups in total. The average Bonchev–Trinajstić information content (AvgIpc) is 2.67. The van der Waals surface area contributed by atoms with Gasteiger partial charge in [-0.15, -0.1) is 0 Å². The number of nitrogens with two attached hydrogens (primary N) is 1. The highest BCUT2D eigenvalue weighted by atomic mass is 15.1. The summed E-state index contributed by atoms with van der Waals surface area (Å²) in [6.07, 6.45) is 5.66. The Kier molecular flexibility index (Phi) is 5.87. The highest BCUT2D eigenvalue weighted by Crippen LogP contribution is 2.26. The molecule has 27 heavy (non-hydrogen) atoms. The monoisotopic (exact) mass is 358 g/mol. The summed E-state index contributed by atoms with van der Waals surface area (Å²) in [5, 5.41) is 0. The number of allylic oxidation sites excluding steroid dienone is 3. The number of hydrogen-bond donors (Lipinski definition) is 1. The van der Waals surface area contributed by atoms with Gasteiger partial charge in [0.1, 0.15) is 0 Å². The maximum Gasteiger partial charge on any atom is 0.0914 e. The molecule has 0 bridgehead atoms. The lowest BCUT2D eigenvalue weighted by Crippen LogP contribution is -2.21. The van der Waals surface area contributed by atoms with E-state index in [2.05, 4.69) is 43.9 Å². The molecule has 0 aliphatic heterocycles. The smallest absolute Gasteiger partial charge is 0.0914 e. The zero-order chi connectivity index (χ0) is 19.2. The number of benzene rings is 2. The van der Waals surface area contributed by atoms with Crippen LogP contribution in [0.4, 0.5) is 17.1 Å². The topological polar surface area (TPSA) is 54.0 Å². The molecule has 0 radical (unpaired) electrons. The van der Waals surface area contributed by atoms with Gasteiger partial charge in [-0.2, -0.15) is 0 Å². The largest absolute Gasteiger partial charge is 0.399 e. The van der Waals surface area contributed by atoms with E-state index in [0.717, 1.165) is 41.5 Å². The van der Waals surface area contributed by atoms with Crippen molar-refractivity contribution >= 4 is 28.5 Å². The summed E-state index contributed by atoms with van der Waals surface area (Å²) >= 11 is 0. The number of para-hydroxylation sites is 1. The number of aliphatic imine (C=N–C) groups is 2. The zero-order valence-corrected chi connectivity index (χ0v) is 16.2. The van der Waals surface area contributed by atoms with E-state index in [1.807, 2.05) is 48.6 Å². The molecule has 0 amide bonds. The van der Waals surface area contributed by atoms with Crippen LogP contribution in [0.25, 0.3) is 0 Å². The molecule has 138 valence electrons. The molecule has 4 heteroatoms. The van der Waals surface area contributed by atoms with Crippen molar-refractivity contribution in [3.63, 3.8) is 0 Å². The van der Waals surface area contributed by atoms with E-state index in [4.69, 9.17) is 15.7 Å². The van der Waals surface area contributed by atoms with Gasteiger partial charge < -0.3 is 10.6 Å². The van der Waals surface area contributed by atoms with Crippen molar-refractivity contribution in [2.24, 2.45) is 15.7 Å². The molecule has 0 unspecified atom stereocenters. The van der Waals surface area contributed by atoms with Crippen LogP contribution in [0.3, 0.4) is 0 Å². The fraction of sp³-hybridized carbons (Fsp3) is 0.217. The van der Waals surface area contributed by atoms with Gasteiger partial charge in [0.05, 0.1) is 22.8 Å². The van der Waals surface area contributed by atoms with Gasteiger partial charge in [0.15, 0.2) is 0 Å². The molecule has 2 aromatic carbocycles. The van der Waals surface area contributed by atoms with Crippen LogP contribution in [-0.2, 0) is 0 Å². The van der Waals surface area contributed by atoms with Gasteiger partial charge in [-0.3, -0.25) is 0 Å². The minimum atomic E-state index is 0.678. The summed E-state index contributed by atoms with van der Waals surface area (Å²) in [7, 11) is 0. The van der Waals surface area contributed by atoms with Crippen LogP contribution in [0.1, 0.15) is 19.4 Å². The Balaban J connectivity index is 1.97. The van der Waals surface area contributed by atoms with Gasteiger partial charge in [-0.05, 0) is 74.9 Å². The summed E-state index contributed by atoms with van der Waals surface area (Å²) in [4.78, 5) is 11.9. The van der Waals surface area contributed by atoms with Crippen molar-refractivity contribution in [2.45, 2.75) is 20.8 Å². The first-order valence-corrected chi connectivity index (χ1v) is 9.34. The number of hydrogen-bond acceptors (Lipinski definition) is 4. The van der Waals surface area contributed by atoms with Crippen molar-refractivity contribution in [3.8, 4) is 0 Å². The molecule has 4 nitrogen and oxygen atoms in total. The number of anilines is 1. The molecule has 2 aromatic rings. The highest BCUT2D eigenvalue weighted by Gasteiger charge is 2.11. The number of nitrogens with zero attached hydrogens (tertiary/aromatic N) is 3. The first-order chi connectivity index (χ1) is 13.1. The Labute approximate surface area is 161 Å². The molecule has 0 saturated heterocycles. The van der Waals surface area contributed by atoms with E-state index in [1.165, 1.54) is 5.69 Å². The second-order valence-corrected chi connectivity index (χ2v) is 6.45. The number of rotatable bonds is 5. The Morgan fingerprint density at radius 1 is 0.889 bits per heavy atom. The van der Waals surface area contributed by atoms with Crippen molar-refractivity contribution in [1.29, 1.82) is 0 Å². The van der Waals surface area contributed by atoms with Crippen LogP contribution in [0.15, 0.2) is 82.4 Å². The van der Waals surface area contributed by atoms with Crippen LogP contribution in [0, 0.1) is 6.92 Å². The Hall–Kier alpha value is -3.14. The van der Waals surface area contributed by atoms with E-state index in [0.29, 0.717) is 5.70 Å². The highest BCUT2D eigenvalue weighted by molar-refractivity contribution is 6.52. The summed E-state index contributed by atoms with van der Waals surface area (Å²) in [6.45, 7) is 8.41. The molecular weight excluding hydrogens is 332 g/mol. The first kappa shape index (κ1) is 18.6.